The molecular formula is C19H27NO3S2. The normalized spacial score (nSPS) is 21.2. The molecule has 2 saturated heterocycles. The molecule has 1 unspecified atom stereocenters. The molecule has 2 aliphatic rings. The van der Waals surface area contributed by atoms with Crippen LogP contribution < -0.4 is 4.74 Å². The smallest absolute Gasteiger partial charge is 0.260 e. The monoisotopic (exact) mass is 381 g/mol. The van der Waals surface area contributed by atoms with Gasteiger partial charge in [-0.25, -0.2) is 0 Å². The van der Waals surface area contributed by atoms with Crippen LogP contribution in [0.15, 0.2) is 24.3 Å². The summed E-state index contributed by atoms with van der Waals surface area (Å²) < 4.78 is 11.9. The highest BCUT2D eigenvalue weighted by atomic mass is 32.2. The lowest BCUT2D eigenvalue weighted by Crippen LogP contribution is -2.39. The van der Waals surface area contributed by atoms with E-state index in [0.717, 1.165) is 25.2 Å². The fourth-order valence-electron chi connectivity index (χ4n) is 3.08. The second kappa shape index (κ2) is 9.74. The van der Waals surface area contributed by atoms with Gasteiger partial charge in [0, 0.05) is 19.7 Å². The highest BCUT2D eigenvalue weighted by Crippen LogP contribution is 2.43. The number of rotatable bonds is 7. The van der Waals surface area contributed by atoms with Crippen molar-refractivity contribution in [2.45, 2.75) is 36.9 Å². The Morgan fingerprint density at radius 2 is 2.00 bits per heavy atom. The van der Waals surface area contributed by atoms with E-state index in [2.05, 4.69) is 12.1 Å². The molecule has 0 aliphatic carbocycles. The summed E-state index contributed by atoms with van der Waals surface area (Å²) in [6.07, 6.45) is 3.63. The summed E-state index contributed by atoms with van der Waals surface area (Å²) in [5.74, 6) is 3.26. The molecule has 0 bridgehead atoms. The molecule has 138 valence electrons. The molecule has 0 spiro atoms. The summed E-state index contributed by atoms with van der Waals surface area (Å²) in [5, 5.41) is 0. The molecule has 25 heavy (non-hydrogen) atoms. The number of carbonyl (C=O) groups is 1. The van der Waals surface area contributed by atoms with Crippen LogP contribution in [0.2, 0.25) is 0 Å². The van der Waals surface area contributed by atoms with Crippen molar-refractivity contribution in [1.29, 1.82) is 0 Å². The number of likely N-dealkylation sites (N-methyl/N-ethyl adjacent to an activating group) is 1. The summed E-state index contributed by atoms with van der Waals surface area (Å²) in [5.41, 5.74) is 1.34. The first-order valence-electron chi connectivity index (χ1n) is 9.11. The average molecular weight is 382 g/mol. The van der Waals surface area contributed by atoms with Crippen molar-refractivity contribution in [3.05, 3.63) is 29.8 Å². The van der Waals surface area contributed by atoms with Crippen LogP contribution in [0.5, 0.6) is 5.75 Å². The number of amides is 1. The molecule has 2 aliphatic heterocycles. The van der Waals surface area contributed by atoms with Crippen molar-refractivity contribution >= 4 is 29.4 Å². The molecule has 2 fully saturated rings. The van der Waals surface area contributed by atoms with Crippen LogP contribution in [-0.2, 0) is 9.53 Å². The highest BCUT2D eigenvalue weighted by Gasteiger charge is 2.22. The number of hydrogen-bond donors (Lipinski definition) is 0. The number of nitrogens with zero attached hydrogens (tertiary/aromatic N) is 1. The lowest BCUT2D eigenvalue weighted by molar-refractivity contribution is -0.134. The van der Waals surface area contributed by atoms with Crippen LogP contribution in [0.1, 0.15) is 36.3 Å². The summed E-state index contributed by atoms with van der Waals surface area (Å²) in [6.45, 7) is 4.27. The van der Waals surface area contributed by atoms with Crippen LogP contribution in [0.25, 0.3) is 0 Å². The number of ether oxygens (including phenoxy) is 2. The molecular weight excluding hydrogens is 354 g/mol. The Morgan fingerprint density at radius 1 is 1.24 bits per heavy atom. The van der Waals surface area contributed by atoms with Crippen LogP contribution in [-0.4, -0.2) is 54.7 Å². The van der Waals surface area contributed by atoms with Gasteiger partial charge in [-0.1, -0.05) is 12.1 Å². The predicted molar refractivity (Wildman–Crippen MR) is 105 cm³/mol. The summed E-state index contributed by atoms with van der Waals surface area (Å²) in [6, 6.07) is 8.21. The zero-order valence-corrected chi connectivity index (χ0v) is 16.4. The molecule has 0 radical (unpaired) electrons. The van der Waals surface area contributed by atoms with Gasteiger partial charge >= 0.3 is 0 Å². The Kier molecular flexibility index (Phi) is 7.37. The Balaban J connectivity index is 1.47. The molecule has 1 amide bonds. The predicted octanol–water partition coefficient (Wildman–Crippen LogP) is 3.96. The van der Waals surface area contributed by atoms with Gasteiger partial charge in [0.25, 0.3) is 5.91 Å². The van der Waals surface area contributed by atoms with Gasteiger partial charge < -0.3 is 14.4 Å². The summed E-state index contributed by atoms with van der Waals surface area (Å²) >= 11 is 4.02. The van der Waals surface area contributed by atoms with Crippen molar-refractivity contribution in [1.82, 2.24) is 4.90 Å². The standard InChI is InChI=1S/C19H27NO3S2/c1-2-20(13-17-5-3-10-22-17)18(21)14-23-16-8-6-15(7-9-16)19-24-11-4-12-25-19/h6-9,17,19H,2-5,10-14H2,1H3. The number of thioether (sulfide) groups is 2. The van der Waals surface area contributed by atoms with Crippen molar-refractivity contribution in [2.24, 2.45) is 0 Å². The van der Waals surface area contributed by atoms with Crippen LogP contribution in [0.4, 0.5) is 0 Å². The van der Waals surface area contributed by atoms with Gasteiger partial charge in [-0.05, 0) is 55.4 Å². The van der Waals surface area contributed by atoms with Crippen molar-refractivity contribution < 1.29 is 14.3 Å². The maximum absolute atomic E-state index is 12.4. The van der Waals surface area contributed by atoms with Gasteiger partial charge in [0.2, 0.25) is 0 Å². The first kappa shape index (κ1) is 18.9. The largest absolute Gasteiger partial charge is 0.484 e. The average Bonchev–Trinajstić information content (AvgIpc) is 3.18. The third-order valence-corrected chi connectivity index (χ3v) is 7.54. The molecule has 6 heteroatoms. The van der Waals surface area contributed by atoms with E-state index in [4.69, 9.17) is 9.47 Å². The minimum atomic E-state index is 0.0282. The minimum absolute atomic E-state index is 0.0282. The van der Waals surface area contributed by atoms with Gasteiger partial charge in [0.05, 0.1) is 10.7 Å². The van der Waals surface area contributed by atoms with Crippen LogP contribution in [0, 0.1) is 0 Å². The molecule has 1 aromatic rings. The SMILES string of the molecule is CCN(CC1CCCO1)C(=O)COc1ccc(C2SCCCS2)cc1. The van der Waals surface area contributed by atoms with Crippen molar-refractivity contribution in [3.8, 4) is 5.75 Å². The zero-order valence-electron chi connectivity index (χ0n) is 14.8. The van der Waals surface area contributed by atoms with Gasteiger partial charge in [-0.3, -0.25) is 4.79 Å². The first-order valence-corrected chi connectivity index (χ1v) is 11.2. The Labute approximate surface area is 159 Å². The minimum Gasteiger partial charge on any atom is -0.484 e. The maximum atomic E-state index is 12.4. The molecule has 2 heterocycles. The second-order valence-corrected chi connectivity index (χ2v) is 9.08. The number of benzene rings is 1. The number of hydrogen-bond acceptors (Lipinski definition) is 5. The van der Waals surface area contributed by atoms with E-state index in [0.29, 0.717) is 17.7 Å². The van der Waals surface area contributed by atoms with E-state index in [1.54, 1.807) is 0 Å². The Hall–Kier alpha value is -0.850. The van der Waals surface area contributed by atoms with E-state index >= 15 is 0 Å². The molecule has 0 aromatic heterocycles. The van der Waals surface area contributed by atoms with Crippen molar-refractivity contribution in [3.63, 3.8) is 0 Å². The van der Waals surface area contributed by atoms with Crippen molar-refractivity contribution in [2.75, 3.05) is 37.8 Å². The van der Waals surface area contributed by atoms with Gasteiger partial charge in [0.1, 0.15) is 5.75 Å². The van der Waals surface area contributed by atoms with Gasteiger partial charge in [-0.15, -0.1) is 23.5 Å². The first-order chi connectivity index (χ1) is 12.3. The zero-order chi connectivity index (χ0) is 17.5. The van der Waals surface area contributed by atoms with Crippen LogP contribution >= 0.6 is 23.5 Å². The maximum Gasteiger partial charge on any atom is 0.260 e. The molecule has 4 nitrogen and oxygen atoms in total. The fourth-order valence-corrected chi connectivity index (χ4v) is 5.97. The molecule has 0 N–H and O–H groups in total. The van der Waals surface area contributed by atoms with Gasteiger partial charge in [0.15, 0.2) is 6.61 Å². The third kappa shape index (κ3) is 5.56. The quantitative estimate of drug-likeness (QED) is 0.715. The molecule has 1 aromatic carbocycles. The Morgan fingerprint density at radius 3 is 2.64 bits per heavy atom. The summed E-state index contributed by atoms with van der Waals surface area (Å²) in [4.78, 5) is 14.2. The van der Waals surface area contributed by atoms with E-state index in [1.807, 2.05) is 47.5 Å². The van der Waals surface area contributed by atoms with E-state index in [1.165, 1.54) is 23.5 Å². The topological polar surface area (TPSA) is 38.8 Å². The van der Waals surface area contributed by atoms with E-state index < -0.39 is 0 Å². The van der Waals surface area contributed by atoms with Crippen LogP contribution in [0.3, 0.4) is 0 Å². The van der Waals surface area contributed by atoms with Gasteiger partial charge in [-0.2, -0.15) is 0 Å². The molecule has 0 saturated carbocycles. The van der Waals surface area contributed by atoms with E-state index in [-0.39, 0.29) is 18.6 Å². The highest BCUT2D eigenvalue weighted by molar-refractivity contribution is 8.16. The van der Waals surface area contributed by atoms with E-state index in [9.17, 15) is 4.79 Å². The fraction of sp³-hybridized carbons (Fsp3) is 0.632. The lowest BCUT2D eigenvalue weighted by atomic mass is 10.2. The third-order valence-electron chi connectivity index (χ3n) is 4.52. The second-order valence-electron chi connectivity index (χ2n) is 6.35. The number of carbonyl (C=O) groups excluding carboxylic acids is 1. The summed E-state index contributed by atoms with van der Waals surface area (Å²) in [7, 11) is 0. The molecule has 3 rings (SSSR count). The Bertz CT molecular complexity index is 540. The lowest BCUT2D eigenvalue weighted by Gasteiger charge is -2.24. The molecule has 1 atom stereocenters.